The third kappa shape index (κ3) is 3.09. The molecule has 20 heavy (non-hydrogen) atoms. The van der Waals surface area contributed by atoms with Gasteiger partial charge in [-0.25, -0.2) is 9.59 Å². The number of carboxylic acids is 1. The van der Waals surface area contributed by atoms with Gasteiger partial charge in [0.05, 0.1) is 11.3 Å². The van der Waals surface area contributed by atoms with E-state index in [1.807, 2.05) is 0 Å². The first-order valence-electron chi connectivity index (χ1n) is 5.68. The van der Waals surface area contributed by atoms with Crippen molar-refractivity contribution >= 4 is 34.2 Å². The van der Waals surface area contributed by atoms with Gasteiger partial charge in [0, 0.05) is 0 Å². The maximum atomic E-state index is 11.8. The van der Waals surface area contributed by atoms with E-state index < -0.39 is 12.0 Å². The number of nitrogens with one attached hydrogen (secondary N) is 2. The smallest absolute Gasteiger partial charge is 0.338 e. The third-order valence-corrected chi connectivity index (χ3v) is 3.24. The quantitative estimate of drug-likeness (QED) is 0.806. The van der Waals surface area contributed by atoms with Crippen LogP contribution < -0.4 is 10.6 Å². The number of aryl methyl sites for hydroxylation is 2. The molecule has 0 saturated carbocycles. The van der Waals surface area contributed by atoms with Crippen LogP contribution in [0.3, 0.4) is 0 Å². The molecule has 0 bridgehead atoms. The van der Waals surface area contributed by atoms with E-state index in [1.165, 1.54) is 17.4 Å². The van der Waals surface area contributed by atoms with Gasteiger partial charge in [-0.2, -0.15) is 0 Å². The van der Waals surface area contributed by atoms with E-state index in [0.717, 1.165) is 5.01 Å². The van der Waals surface area contributed by atoms with Gasteiger partial charge < -0.3 is 10.4 Å². The average Bonchev–Trinajstić information content (AvgIpc) is 2.74. The van der Waals surface area contributed by atoms with Crippen LogP contribution in [-0.2, 0) is 0 Å². The molecular formula is C12H12N4O3S. The van der Waals surface area contributed by atoms with E-state index >= 15 is 0 Å². The number of nitrogens with zero attached hydrogens (tertiary/aromatic N) is 2. The second-order valence-electron chi connectivity index (χ2n) is 4.01. The van der Waals surface area contributed by atoms with Crippen molar-refractivity contribution in [3.05, 3.63) is 34.3 Å². The number of anilines is 2. The van der Waals surface area contributed by atoms with Crippen LogP contribution in [0.1, 0.15) is 20.9 Å². The SMILES string of the molecule is Cc1nnc(NC(=O)Nc2cccc(C)c2C(=O)O)s1. The highest BCUT2D eigenvalue weighted by molar-refractivity contribution is 7.15. The van der Waals surface area contributed by atoms with E-state index in [1.54, 1.807) is 26.0 Å². The summed E-state index contributed by atoms with van der Waals surface area (Å²) < 4.78 is 0. The second-order valence-corrected chi connectivity index (χ2v) is 5.19. The molecule has 0 saturated heterocycles. The van der Waals surface area contributed by atoms with Crippen LogP contribution in [0, 0.1) is 13.8 Å². The van der Waals surface area contributed by atoms with Crippen molar-refractivity contribution in [2.75, 3.05) is 10.6 Å². The van der Waals surface area contributed by atoms with Gasteiger partial charge >= 0.3 is 12.0 Å². The number of benzene rings is 1. The van der Waals surface area contributed by atoms with Crippen molar-refractivity contribution in [3.8, 4) is 0 Å². The van der Waals surface area contributed by atoms with Gasteiger partial charge in [-0.3, -0.25) is 5.32 Å². The fraction of sp³-hybridized carbons (Fsp3) is 0.167. The molecule has 0 spiro atoms. The number of hydrogen-bond acceptors (Lipinski definition) is 5. The van der Waals surface area contributed by atoms with Gasteiger partial charge in [0.15, 0.2) is 0 Å². The molecule has 0 unspecified atom stereocenters. The molecule has 3 N–H and O–H groups in total. The highest BCUT2D eigenvalue weighted by atomic mass is 32.1. The zero-order valence-corrected chi connectivity index (χ0v) is 11.6. The number of rotatable bonds is 3. The van der Waals surface area contributed by atoms with Crippen LogP contribution in [0.5, 0.6) is 0 Å². The first-order chi connectivity index (χ1) is 9.47. The van der Waals surface area contributed by atoms with Crippen molar-refractivity contribution in [2.45, 2.75) is 13.8 Å². The highest BCUT2D eigenvalue weighted by Crippen LogP contribution is 2.20. The van der Waals surface area contributed by atoms with E-state index in [0.29, 0.717) is 10.7 Å². The molecule has 2 rings (SSSR count). The molecule has 7 nitrogen and oxygen atoms in total. The number of hydrogen-bond donors (Lipinski definition) is 3. The molecule has 1 aromatic heterocycles. The maximum Gasteiger partial charge on any atom is 0.338 e. The molecule has 0 radical (unpaired) electrons. The Morgan fingerprint density at radius 3 is 2.55 bits per heavy atom. The Balaban J connectivity index is 2.16. The summed E-state index contributed by atoms with van der Waals surface area (Å²) in [6.07, 6.45) is 0. The Hall–Kier alpha value is -2.48. The minimum absolute atomic E-state index is 0.0658. The monoisotopic (exact) mass is 292 g/mol. The number of aromatic carboxylic acids is 1. The van der Waals surface area contributed by atoms with Crippen molar-refractivity contribution in [1.29, 1.82) is 0 Å². The minimum Gasteiger partial charge on any atom is -0.478 e. The number of carbonyl (C=O) groups excluding carboxylic acids is 1. The Morgan fingerprint density at radius 2 is 1.95 bits per heavy atom. The molecule has 0 fully saturated rings. The lowest BCUT2D eigenvalue weighted by Gasteiger charge is -2.10. The Morgan fingerprint density at radius 1 is 1.20 bits per heavy atom. The predicted molar refractivity (Wildman–Crippen MR) is 75.4 cm³/mol. The summed E-state index contributed by atoms with van der Waals surface area (Å²) in [5, 5.41) is 22.8. The largest absolute Gasteiger partial charge is 0.478 e. The molecule has 0 aliphatic heterocycles. The van der Waals surface area contributed by atoms with E-state index in [9.17, 15) is 9.59 Å². The van der Waals surface area contributed by atoms with Crippen molar-refractivity contribution in [2.24, 2.45) is 0 Å². The topological polar surface area (TPSA) is 104 Å². The van der Waals surface area contributed by atoms with Gasteiger partial charge in [-0.05, 0) is 25.5 Å². The van der Waals surface area contributed by atoms with Gasteiger partial charge in [-0.1, -0.05) is 23.5 Å². The van der Waals surface area contributed by atoms with Crippen molar-refractivity contribution < 1.29 is 14.7 Å². The van der Waals surface area contributed by atoms with Crippen LogP contribution in [0.25, 0.3) is 0 Å². The zero-order chi connectivity index (χ0) is 14.7. The van der Waals surface area contributed by atoms with Gasteiger partial charge in [0.25, 0.3) is 0 Å². The van der Waals surface area contributed by atoms with Crippen LogP contribution in [0.2, 0.25) is 0 Å². The van der Waals surface area contributed by atoms with Crippen LogP contribution in [-0.4, -0.2) is 27.3 Å². The molecule has 1 heterocycles. The fourth-order valence-electron chi connectivity index (χ4n) is 1.65. The molecule has 2 aromatic rings. The van der Waals surface area contributed by atoms with Gasteiger partial charge in [-0.15, -0.1) is 10.2 Å². The lowest BCUT2D eigenvalue weighted by molar-refractivity contribution is 0.0697. The van der Waals surface area contributed by atoms with Crippen LogP contribution >= 0.6 is 11.3 Å². The Bertz CT molecular complexity index is 668. The predicted octanol–water partition coefficient (Wildman–Crippen LogP) is 2.50. The molecule has 104 valence electrons. The number of urea groups is 1. The van der Waals surface area contributed by atoms with Gasteiger partial charge in [0.2, 0.25) is 5.13 Å². The molecular weight excluding hydrogens is 280 g/mol. The normalized spacial score (nSPS) is 10.1. The van der Waals surface area contributed by atoms with E-state index in [4.69, 9.17) is 5.11 Å². The first-order valence-corrected chi connectivity index (χ1v) is 6.50. The standard InChI is InChI=1S/C12H12N4O3S/c1-6-4-3-5-8(9(6)10(17)18)13-11(19)14-12-16-15-7(2)20-12/h3-5H,1-2H3,(H,17,18)(H2,13,14,16,19). The van der Waals surface area contributed by atoms with Crippen LogP contribution in [0.15, 0.2) is 18.2 Å². The number of aromatic nitrogens is 2. The number of carboxylic acid groups (broad SMARTS) is 1. The molecule has 0 aliphatic rings. The lowest BCUT2D eigenvalue weighted by Crippen LogP contribution is -2.21. The first kappa shape index (κ1) is 13.9. The number of amides is 2. The molecule has 0 aliphatic carbocycles. The summed E-state index contributed by atoms with van der Waals surface area (Å²) in [5.74, 6) is -1.09. The summed E-state index contributed by atoms with van der Waals surface area (Å²) >= 11 is 1.23. The summed E-state index contributed by atoms with van der Waals surface area (Å²) in [7, 11) is 0. The summed E-state index contributed by atoms with van der Waals surface area (Å²) in [5.41, 5.74) is 0.870. The summed E-state index contributed by atoms with van der Waals surface area (Å²) in [4.78, 5) is 23.0. The Kier molecular flexibility index (Phi) is 3.94. The lowest BCUT2D eigenvalue weighted by atomic mass is 10.1. The van der Waals surface area contributed by atoms with E-state index in [-0.39, 0.29) is 11.3 Å². The third-order valence-electron chi connectivity index (χ3n) is 2.48. The minimum atomic E-state index is -1.09. The van der Waals surface area contributed by atoms with Crippen LogP contribution in [0.4, 0.5) is 15.6 Å². The zero-order valence-electron chi connectivity index (χ0n) is 10.8. The second kappa shape index (κ2) is 5.66. The van der Waals surface area contributed by atoms with Gasteiger partial charge in [0.1, 0.15) is 5.01 Å². The fourth-order valence-corrected chi connectivity index (χ4v) is 2.24. The van der Waals surface area contributed by atoms with Crippen molar-refractivity contribution in [3.63, 3.8) is 0 Å². The summed E-state index contributed by atoms with van der Waals surface area (Å²) in [6.45, 7) is 3.44. The molecule has 8 heteroatoms. The highest BCUT2D eigenvalue weighted by Gasteiger charge is 2.15. The van der Waals surface area contributed by atoms with Crippen molar-refractivity contribution in [1.82, 2.24) is 10.2 Å². The molecule has 0 atom stereocenters. The average molecular weight is 292 g/mol. The molecule has 1 aromatic carbocycles. The van der Waals surface area contributed by atoms with E-state index in [2.05, 4.69) is 20.8 Å². The summed E-state index contributed by atoms with van der Waals surface area (Å²) in [6, 6.07) is 4.31. The number of carbonyl (C=O) groups is 2. The molecule has 2 amide bonds. The maximum absolute atomic E-state index is 11.8. The Labute approximate surface area is 118 Å².